The summed E-state index contributed by atoms with van der Waals surface area (Å²) in [6, 6.07) is 9.92. The molecule has 7 heteroatoms. The summed E-state index contributed by atoms with van der Waals surface area (Å²) in [4.78, 5) is 19.9. The third kappa shape index (κ3) is 3.66. The Balaban J connectivity index is 1.63. The molecule has 2 aromatic heterocycles. The minimum absolute atomic E-state index is 0.112. The number of aryl methyl sites for hydroxylation is 2. The third-order valence-electron chi connectivity index (χ3n) is 5.78. The molecule has 0 bridgehead atoms. The summed E-state index contributed by atoms with van der Waals surface area (Å²) in [5.74, 6) is 1.50. The van der Waals surface area contributed by atoms with Crippen LogP contribution in [0.5, 0.6) is 11.5 Å². The lowest BCUT2D eigenvalue weighted by molar-refractivity contribution is 0.339. The fourth-order valence-corrected chi connectivity index (χ4v) is 5.53. The van der Waals surface area contributed by atoms with E-state index in [-0.39, 0.29) is 5.56 Å². The van der Waals surface area contributed by atoms with Crippen LogP contribution in [0.2, 0.25) is 0 Å². The minimum atomic E-state index is -0.112. The Bertz CT molecular complexity index is 1380. The van der Waals surface area contributed by atoms with E-state index >= 15 is 0 Å². The molecule has 0 spiro atoms. The Kier molecular flexibility index (Phi) is 5.66. The number of fused-ring (bicyclic) bond motifs is 4. The average molecular weight is 448 g/mol. The number of rotatable bonds is 6. The number of nitrogens with zero attached hydrogens (tertiary/aromatic N) is 3. The van der Waals surface area contributed by atoms with Gasteiger partial charge >= 0.3 is 0 Å². The van der Waals surface area contributed by atoms with E-state index in [1.54, 1.807) is 17.6 Å². The van der Waals surface area contributed by atoms with Crippen LogP contribution in [-0.2, 0) is 12.8 Å². The maximum Gasteiger partial charge on any atom is 0.282 e. The van der Waals surface area contributed by atoms with Gasteiger partial charge in [0.2, 0.25) is 0 Å². The molecule has 2 aromatic carbocycles. The van der Waals surface area contributed by atoms with Gasteiger partial charge in [0, 0.05) is 10.4 Å². The first-order valence-corrected chi connectivity index (χ1v) is 11.9. The van der Waals surface area contributed by atoms with E-state index in [1.807, 2.05) is 44.2 Å². The average Bonchev–Trinajstić information content (AvgIpc) is 3.19. The van der Waals surface area contributed by atoms with Crippen LogP contribution in [-0.4, -0.2) is 29.1 Å². The molecule has 6 nitrogen and oxygen atoms in total. The molecule has 1 aliphatic rings. The molecule has 0 atom stereocenters. The van der Waals surface area contributed by atoms with Gasteiger partial charge in [0.05, 0.1) is 24.8 Å². The molecular weight excluding hydrogens is 422 g/mol. The zero-order chi connectivity index (χ0) is 22.1. The van der Waals surface area contributed by atoms with Crippen LogP contribution in [0.1, 0.15) is 42.7 Å². The van der Waals surface area contributed by atoms with Crippen molar-refractivity contribution in [2.45, 2.75) is 39.5 Å². The molecule has 164 valence electrons. The first kappa shape index (κ1) is 20.7. The van der Waals surface area contributed by atoms with E-state index in [1.165, 1.54) is 27.9 Å². The largest absolute Gasteiger partial charge is 0.494 e. The van der Waals surface area contributed by atoms with E-state index in [0.717, 1.165) is 51.6 Å². The highest BCUT2D eigenvalue weighted by molar-refractivity contribution is 7.18. The smallest absolute Gasteiger partial charge is 0.282 e. The normalized spacial score (nSPS) is 13.7. The van der Waals surface area contributed by atoms with Crippen LogP contribution >= 0.6 is 11.3 Å². The van der Waals surface area contributed by atoms with Gasteiger partial charge in [0.15, 0.2) is 0 Å². The summed E-state index contributed by atoms with van der Waals surface area (Å²) in [7, 11) is 0. The molecule has 0 unspecified atom stereocenters. The predicted octanol–water partition coefficient (Wildman–Crippen LogP) is 5.17. The fourth-order valence-electron chi connectivity index (χ4n) is 4.31. The topological polar surface area (TPSA) is 65.7 Å². The standard InChI is InChI=1S/C25H25N3O3S/c1-3-30-17-11-9-16-10-12-21(31-4-2)20(19(16)13-17)14-27-28-15-26-24-23(25(28)29)18-7-5-6-8-22(18)32-24/h9-15H,3-8H2,1-2H3/b27-14-. The van der Waals surface area contributed by atoms with Crippen molar-refractivity contribution < 1.29 is 9.47 Å². The Morgan fingerprint density at radius 3 is 2.78 bits per heavy atom. The van der Waals surface area contributed by atoms with Gasteiger partial charge < -0.3 is 9.47 Å². The van der Waals surface area contributed by atoms with Gasteiger partial charge in [-0.2, -0.15) is 9.78 Å². The summed E-state index contributed by atoms with van der Waals surface area (Å²) in [6.07, 6.45) is 7.48. The third-order valence-corrected chi connectivity index (χ3v) is 6.98. The first-order chi connectivity index (χ1) is 15.7. The van der Waals surface area contributed by atoms with Crippen LogP contribution < -0.4 is 15.0 Å². The molecule has 0 saturated carbocycles. The lowest BCUT2D eigenvalue weighted by atomic mass is 9.97. The Hall–Kier alpha value is -3.19. The van der Waals surface area contributed by atoms with E-state index in [2.05, 4.69) is 10.1 Å². The van der Waals surface area contributed by atoms with Crippen molar-refractivity contribution in [3.05, 3.63) is 63.0 Å². The molecule has 32 heavy (non-hydrogen) atoms. The second-order valence-corrected chi connectivity index (χ2v) is 8.84. The number of ether oxygens (including phenoxy) is 2. The molecule has 0 aliphatic heterocycles. The number of hydrogen-bond donors (Lipinski definition) is 0. The maximum absolute atomic E-state index is 13.3. The lowest BCUT2D eigenvalue weighted by Gasteiger charge is -2.12. The maximum atomic E-state index is 13.3. The van der Waals surface area contributed by atoms with Crippen molar-refractivity contribution in [1.82, 2.24) is 9.66 Å². The van der Waals surface area contributed by atoms with Gasteiger partial charge in [0.25, 0.3) is 5.56 Å². The van der Waals surface area contributed by atoms with Crippen molar-refractivity contribution in [2.24, 2.45) is 5.10 Å². The van der Waals surface area contributed by atoms with E-state index in [9.17, 15) is 4.79 Å². The van der Waals surface area contributed by atoms with E-state index in [4.69, 9.17) is 9.47 Å². The van der Waals surface area contributed by atoms with Crippen molar-refractivity contribution >= 4 is 38.5 Å². The number of benzene rings is 2. The highest BCUT2D eigenvalue weighted by atomic mass is 32.1. The van der Waals surface area contributed by atoms with Crippen molar-refractivity contribution in [3.8, 4) is 11.5 Å². The summed E-state index contributed by atoms with van der Waals surface area (Å²) in [5, 5.41) is 7.26. The highest BCUT2D eigenvalue weighted by Gasteiger charge is 2.20. The number of thiophene rings is 1. The van der Waals surface area contributed by atoms with Crippen LogP contribution in [0.3, 0.4) is 0 Å². The monoisotopic (exact) mass is 447 g/mol. The second kappa shape index (κ2) is 8.74. The van der Waals surface area contributed by atoms with Crippen molar-refractivity contribution in [1.29, 1.82) is 0 Å². The predicted molar refractivity (Wildman–Crippen MR) is 130 cm³/mol. The van der Waals surface area contributed by atoms with Gasteiger partial charge in [-0.05, 0) is 74.1 Å². The highest BCUT2D eigenvalue weighted by Crippen LogP contribution is 2.33. The fraction of sp³-hybridized carbons (Fsp3) is 0.320. The van der Waals surface area contributed by atoms with Crippen LogP contribution in [0.25, 0.3) is 21.0 Å². The Morgan fingerprint density at radius 1 is 1.12 bits per heavy atom. The van der Waals surface area contributed by atoms with E-state index < -0.39 is 0 Å². The van der Waals surface area contributed by atoms with Gasteiger partial charge in [-0.3, -0.25) is 4.79 Å². The zero-order valence-corrected chi connectivity index (χ0v) is 19.1. The van der Waals surface area contributed by atoms with Gasteiger partial charge in [-0.25, -0.2) is 4.98 Å². The van der Waals surface area contributed by atoms with E-state index in [0.29, 0.717) is 19.0 Å². The lowest BCUT2D eigenvalue weighted by Crippen LogP contribution is -2.18. The molecule has 2 heterocycles. The minimum Gasteiger partial charge on any atom is -0.494 e. The number of hydrogen-bond acceptors (Lipinski definition) is 6. The van der Waals surface area contributed by atoms with Gasteiger partial charge in [-0.15, -0.1) is 11.3 Å². The van der Waals surface area contributed by atoms with Crippen molar-refractivity contribution in [3.63, 3.8) is 0 Å². The number of aromatic nitrogens is 2. The molecule has 1 aliphatic carbocycles. The SMILES string of the molecule is CCOc1ccc2ccc(OCC)c(/C=N\n3cnc4sc5c(c4c3=O)CCCC5)c2c1. The summed E-state index contributed by atoms with van der Waals surface area (Å²) in [6.45, 7) is 5.03. The first-order valence-electron chi connectivity index (χ1n) is 11.1. The van der Waals surface area contributed by atoms with Crippen molar-refractivity contribution in [2.75, 3.05) is 13.2 Å². The summed E-state index contributed by atoms with van der Waals surface area (Å²) < 4.78 is 12.9. The molecule has 0 saturated heterocycles. The molecule has 0 amide bonds. The Morgan fingerprint density at radius 2 is 1.94 bits per heavy atom. The second-order valence-electron chi connectivity index (χ2n) is 7.76. The quantitative estimate of drug-likeness (QED) is 0.383. The van der Waals surface area contributed by atoms with Crippen LogP contribution in [0, 0.1) is 0 Å². The summed E-state index contributed by atoms with van der Waals surface area (Å²) in [5.41, 5.74) is 1.86. The van der Waals surface area contributed by atoms with Gasteiger partial charge in [-0.1, -0.05) is 12.1 Å². The molecule has 0 radical (unpaired) electrons. The van der Waals surface area contributed by atoms with Gasteiger partial charge in [0.1, 0.15) is 22.7 Å². The molecule has 4 aromatic rings. The zero-order valence-electron chi connectivity index (χ0n) is 18.3. The Labute approximate surface area is 190 Å². The molecule has 0 N–H and O–H groups in total. The summed E-state index contributed by atoms with van der Waals surface area (Å²) >= 11 is 1.64. The molecular formula is C25H25N3O3S. The molecule has 0 fully saturated rings. The van der Waals surface area contributed by atoms with Crippen LogP contribution in [0.15, 0.2) is 46.6 Å². The molecule has 5 rings (SSSR count). The van der Waals surface area contributed by atoms with Crippen LogP contribution in [0.4, 0.5) is 0 Å².